The predicted octanol–water partition coefficient (Wildman–Crippen LogP) is 2.83. The standard InChI is InChI=1S/C12H17NO/c1-3-10-4-5-12-11(8-10)13-7-6-9(2)14-12/h4-5,8-9,13H,3,6-7H2,1-2H3. The molecule has 0 radical (unpaired) electrons. The third kappa shape index (κ3) is 1.84. The molecule has 1 aromatic carbocycles. The Bertz CT molecular complexity index is 322. The Hall–Kier alpha value is -1.18. The molecule has 14 heavy (non-hydrogen) atoms. The monoisotopic (exact) mass is 191 g/mol. The zero-order valence-electron chi connectivity index (χ0n) is 8.84. The lowest BCUT2D eigenvalue weighted by Crippen LogP contribution is -2.11. The molecule has 0 saturated carbocycles. The van der Waals surface area contributed by atoms with E-state index in [0.29, 0.717) is 6.10 Å². The lowest BCUT2D eigenvalue weighted by Gasteiger charge is -2.12. The number of ether oxygens (including phenoxy) is 1. The summed E-state index contributed by atoms with van der Waals surface area (Å²) in [5.74, 6) is 0.993. The van der Waals surface area contributed by atoms with Gasteiger partial charge in [-0.25, -0.2) is 0 Å². The number of anilines is 1. The molecule has 1 atom stereocenters. The Kier molecular flexibility index (Phi) is 2.62. The van der Waals surface area contributed by atoms with Crippen LogP contribution in [0.4, 0.5) is 5.69 Å². The number of rotatable bonds is 1. The van der Waals surface area contributed by atoms with Crippen LogP contribution in [0, 0.1) is 0 Å². The summed E-state index contributed by atoms with van der Waals surface area (Å²) in [6.07, 6.45) is 2.46. The molecule has 0 aliphatic carbocycles. The van der Waals surface area contributed by atoms with Crippen molar-refractivity contribution in [2.24, 2.45) is 0 Å². The molecular formula is C12H17NO. The van der Waals surface area contributed by atoms with Gasteiger partial charge in [-0.05, 0) is 31.0 Å². The Morgan fingerprint density at radius 3 is 3.14 bits per heavy atom. The molecule has 0 amide bonds. The molecule has 1 aliphatic rings. The van der Waals surface area contributed by atoms with E-state index >= 15 is 0 Å². The number of hydrogen-bond acceptors (Lipinski definition) is 2. The molecule has 2 nitrogen and oxygen atoms in total. The largest absolute Gasteiger partial charge is 0.488 e. The van der Waals surface area contributed by atoms with Crippen molar-refractivity contribution in [1.29, 1.82) is 0 Å². The molecule has 0 fully saturated rings. The minimum atomic E-state index is 0.316. The minimum Gasteiger partial charge on any atom is -0.488 e. The molecule has 1 aliphatic heterocycles. The van der Waals surface area contributed by atoms with Crippen molar-refractivity contribution in [3.8, 4) is 5.75 Å². The number of nitrogens with one attached hydrogen (secondary N) is 1. The zero-order valence-corrected chi connectivity index (χ0v) is 8.84. The number of aryl methyl sites for hydroxylation is 1. The maximum atomic E-state index is 5.79. The summed E-state index contributed by atoms with van der Waals surface area (Å²) in [4.78, 5) is 0. The van der Waals surface area contributed by atoms with Crippen LogP contribution in [-0.2, 0) is 6.42 Å². The van der Waals surface area contributed by atoms with E-state index in [9.17, 15) is 0 Å². The maximum absolute atomic E-state index is 5.79. The highest BCUT2D eigenvalue weighted by Crippen LogP contribution is 2.29. The quantitative estimate of drug-likeness (QED) is 0.737. The van der Waals surface area contributed by atoms with Crippen LogP contribution < -0.4 is 10.1 Å². The van der Waals surface area contributed by atoms with Crippen molar-refractivity contribution in [1.82, 2.24) is 0 Å². The highest BCUT2D eigenvalue weighted by atomic mass is 16.5. The molecule has 0 bridgehead atoms. The van der Waals surface area contributed by atoms with Gasteiger partial charge in [0.1, 0.15) is 5.75 Å². The average Bonchev–Trinajstić information content (AvgIpc) is 2.37. The summed E-state index contributed by atoms with van der Waals surface area (Å²) in [5, 5.41) is 3.41. The maximum Gasteiger partial charge on any atom is 0.142 e. The second-order valence-electron chi connectivity index (χ2n) is 3.83. The minimum absolute atomic E-state index is 0.316. The van der Waals surface area contributed by atoms with Gasteiger partial charge in [0.15, 0.2) is 0 Å². The van der Waals surface area contributed by atoms with E-state index in [0.717, 1.165) is 30.8 Å². The molecule has 1 N–H and O–H groups in total. The molecule has 76 valence electrons. The van der Waals surface area contributed by atoms with Gasteiger partial charge in [0.2, 0.25) is 0 Å². The van der Waals surface area contributed by atoms with E-state index in [-0.39, 0.29) is 0 Å². The highest BCUT2D eigenvalue weighted by molar-refractivity contribution is 5.58. The lowest BCUT2D eigenvalue weighted by molar-refractivity contribution is 0.222. The Balaban J connectivity index is 2.31. The first-order chi connectivity index (χ1) is 6.79. The van der Waals surface area contributed by atoms with Gasteiger partial charge in [-0.2, -0.15) is 0 Å². The SMILES string of the molecule is CCc1ccc2c(c1)NCCC(C)O2. The van der Waals surface area contributed by atoms with Crippen LogP contribution >= 0.6 is 0 Å². The van der Waals surface area contributed by atoms with Crippen LogP contribution in [0.1, 0.15) is 25.8 Å². The Morgan fingerprint density at radius 1 is 1.50 bits per heavy atom. The zero-order chi connectivity index (χ0) is 9.97. The fourth-order valence-corrected chi connectivity index (χ4v) is 1.72. The Labute approximate surface area is 85.3 Å². The van der Waals surface area contributed by atoms with E-state index in [1.165, 1.54) is 5.56 Å². The smallest absolute Gasteiger partial charge is 0.142 e. The second-order valence-corrected chi connectivity index (χ2v) is 3.83. The number of hydrogen-bond donors (Lipinski definition) is 1. The topological polar surface area (TPSA) is 21.3 Å². The molecular weight excluding hydrogens is 174 g/mol. The van der Waals surface area contributed by atoms with Crippen molar-refractivity contribution < 1.29 is 4.74 Å². The van der Waals surface area contributed by atoms with E-state index in [1.807, 2.05) is 0 Å². The number of benzene rings is 1. The van der Waals surface area contributed by atoms with Gasteiger partial charge in [0.05, 0.1) is 11.8 Å². The fraction of sp³-hybridized carbons (Fsp3) is 0.500. The van der Waals surface area contributed by atoms with Crippen molar-refractivity contribution >= 4 is 5.69 Å². The van der Waals surface area contributed by atoms with Gasteiger partial charge in [0, 0.05) is 13.0 Å². The van der Waals surface area contributed by atoms with Gasteiger partial charge < -0.3 is 10.1 Å². The summed E-state index contributed by atoms with van der Waals surface area (Å²) < 4.78 is 5.79. The lowest BCUT2D eigenvalue weighted by atomic mass is 10.1. The first kappa shape index (κ1) is 9.38. The molecule has 2 heteroatoms. The molecule has 0 spiro atoms. The van der Waals surface area contributed by atoms with Gasteiger partial charge in [-0.15, -0.1) is 0 Å². The first-order valence-corrected chi connectivity index (χ1v) is 5.33. The van der Waals surface area contributed by atoms with Crippen LogP contribution in [0.3, 0.4) is 0 Å². The normalized spacial score (nSPS) is 20.3. The van der Waals surface area contributed by atoms with Crippen LogP contribution in [0.15, 0.2) is 18.2 Å². The van der Waals surface area contributed by atoms with E-state index < -0.39 is 0 Å². The van der Waals surface area contributed by atoms with Crippen LogP contribution in [0.2, 0.25) is 0 Å². The van der Waals surface area contributed by atoms with Gasteiger partial charge in [-0.3, -0.25) is 0 Å². The van der Waals surface area contributed by atoms with Crippen LogP contribution in [0.5, 0.6) is 5.75 Å². The molecule has 2 rings (SSSR count). The van der Waals surface area contributed by atoms with Gasteiger partial charge in [-0.1, -0.05) is 13.0 Å². The summed E-state index contributed by atoms with van der Waals surface area (Å²) in [5.41, 5.74) is 2.50. The summed E-state index contributed by atoms with van der Waals surface area (Å²) in [6.45, 7) is 5.29. The van der Waals surface area contributed by atoms with Crippen molar-refractivity contribution in [2.45, 2.75) is 32.8 Å². The van der Waals surface area contributed by atoms with E-state index in [4.69, 9.17) is 4.74 Å². The van der Waals surface area contributed by atoms with Crippen molar-refractivity contribution in [2.75, 3.05) is 11.9 Å². The van der Waals surface area contributed by atoms with E-state index in [2.05, 4.69) is 37.4 Å². The number of fused-ring (bicyclic) bond motifs is 1. The molecule has 0 aromatic heterocycles. The molecule has 1 heterocycles. The first-order valence-electron chi connectivity index (χ1n) is 5.33. The van der Waals surface area contributed by atoms with E-state index in [1.54, 1.807) is 0 Å². The second kappa shape index (κ2) is 3.91. The third-order valence-corrected chi connectivity index (χ3v) is 2.65. The Morgan fingerprint density at radius 2 is 2.36 bits per heavy atom. The molecule has 1 unspecified atom stereocenters. The molecule has 0 saturated heterocycles. The highest BCUT2D eigenvalue weighted by Gasteiger charge is 2.13. The van der Waals surface area contributed by atoms with Gasteiger partial charge in [0.25, 0.3) is 0 Å². The predicted molar refractivity (Wildman–Crippen MR) is 59.0 cm³/mol. The van der Waals surface area contributed by atoms with Crippen molar-refractivity contribution in [3.63, 3.8) is 0 Å². The van der Waals surface area contributed by atoms with Crippen molar-refractivity contribution in [3.05, 3.63) is 23.8 Å². The third-order valence-electron chi connectivity index (χ3n) is 2.65. The van der Waals surface area contributed by atoms with Crippen LogP contribution in [0.25, 0.3) is 0 Å². The summed E-state index contributed by atoms with van der Waals surface area (Å²) in [6, 6.07) is 6.40. The molecule has 1 aromatic rings. The van der Waals surface area contributed by atoms with Crippen LogP contribution in [-0.4, -0.2) is 12.6 Å². The summed E-state index contributed by atoms with van der Waals surface area (Å²) in [7, 11) is 0. The average molecular weight is 191 g/mol. The fourth-order valence-electron chi connectivity index (χ4n) is 1.72. The van der Waals surface area contributed by atoms with Gasteiger partial charge >= 0.3 is 0 Å². The summed E-state index contributed by atoms with van der Waals surface area (Å²) >= 11 is 0.